The summed E-state index contributed by atoms with van der Waals surface area (Å²) < 4.78 is 14.7. The van der Waals surface area contributed by atoms with Crippen molar-refractivity contribution >= 4 is 0 Å². The second-order valence-corrected chi connectivity index (χ2v) is 8.55. The molecular weight excluding hydrogens is 351 g/mol. The minimum absolute atomic E-state index is 0.256. The van der Waals surface area contributed by atoms with Gasteiger partial charge in [-0.3, -0.25) is 5.10 Å². The van der Waals surface area contributed by atoms with Crippen molar-refractivity contribution in [3.63, 3.8) is 0 Å². The lowest BCUT2D eigenvalue weighted by atomic mass is 9.75. The van der Waals surface area contributed by atoms with Crippen LogP contribution in [0.3, 0.4) is 0 Å². The summed E-state index contributed by atoms with van der Waals surface area (Å²) in [5.41, 5.74) is 3.85. The predicted octanol–water partition coefficient (Wildman–Crippen LogP) is 5.34. The third-order valence-corrected chi connectivity index (χ3v) is 5.83. The van der Waals surface area contributed by atoms with E-state index in [0.717, 1.165) is 12.1 Å². The van der Waals surface area contributed by atoms with Crippen LogP contribution in [-0.4, -0.2) is 21.2 Å². The highest BCUT2D eigenvalue weighted by Crippen LogP contribution is 2.35. The van der Waals surface area contributed by atoms with E-state index in [9.17, 15) is 4.39 Å². The average Bonchev–Trinajstić information content (AvgIpc) is 3.22. The first-order chi connectivity index (χ1) is 13.5. The van der Waals surface area contributed by atoms with Gasteiger partial charge in [-0.15, -0.1) is 0 Å². The van der Waals surface area contributed by atoms with E-state index >= 15 is 0 Å². The topological polar surface area (TPSA) is 53.6 Å². The Morgan fingerprint density at radius 2 is 1.93 bits per heavy atom. The number of nitrogens with one attached hydrogen (secondary N) is 2. The highest BCUT2D eigenvalue weighted by molar-refractivity contribution is 5.68. The molecule has 1 aromatic heterocycles. The molecule has 28 heavy (non-hydrogen) atoms. The average molecular weight is 378 g/mol. The molecular formula is C23H27FN4. The van der Waals surface area contributed by atoms with Crippen LogP contribution in [0, 0.1) is 11.2 Å². The molecule has 0 spiro atoms. The summed E-state index contributed by atoms with van der Waals surface area (Å²) in [6, 6.07) is 13.9. The second-order valence-electron chi connectivity index (χ2n) is 8.55. The predicted molar refractivity (Wildman–Crippen MR) is 110 cm³/mol. The molecule has 1 aliphatic rings. The maximum atomic E-state index is 14.7. The number of hydrogen-bond acceptors (Lipinski definition) is 3. The van der Waals surface area contributed by atoms with Gasteiger partial charge in [-0.1, -0.05) is 44.2 Å². The molecule has 0 amide bonds. The number of rotatable bonds is 5. The van der Waals surface area contributed by atoms with Crippen molar-refractivity contribution in [1.29, 1.82) is 0 Å². The van der Waals surface area contributed by atoms with Crippen LogP contribution in [0.2, 0.25) is 0 Å². The summed E-state index contributed by atoms with van der Waals surface area (Å²) >= 11 is 0. The van der Waals surface area contributed by atoms with Crippen LogP contribution >= 0.6 is 0 Å². The molecule has 146 valence electrons. The molecule has 0 atom stereocenters. The second kappa shape index (κ2) is 7.84. The zero-order valence-electron chi connectivity index (χ0n) is 16.5. The van der Waals surface area contributed by atoms with Gasteiger partial charge < -0.3 is 5.32 Å². The number of hydrogen-bond donors (Lipinski definition) is 2. The summed E-state index contributed by atoms with van der Waals surface area (Å²) in [5, 5.41) is 10.3. The normalized spacial score (nSPS) is 17.0. The highest BCUT2D eigenvalue weighted by Gasteiger charge is 2.26. The van der Waals surface area contributed by atoms with Gasteiger partial charge in [0.2, 0.25) is 0 Å². The smallest absolute Gasteiger partial charge is 0.155 e. The van der Waals surface area contributed by atoms with E-state index in [1.807, 2.05) is 24.3 Å². The molecule has 1 aliphatic carbocycles. The van der Waals surface area contributed by atoms with Gasteiger partial charge in [0.15, 0.2) is 5.82 Å². The van der Waals surface area contributed by atoms with Crippen molar-refractivity contribution < 1.29 is 4.39 Å². The molecule has 0 aliphatic heterocycles. The lowest BCUT2D eigenvalue weighted by molar-refractivity contribution is 0.206. The summed E-state index contributed by atoms with van der Waals surface area (Å²) in [6.07, 6.45) is 6.42. The Morgan fingerprint density at radius 1 is 1.11 bits per heavy atom. The Hall–Kier alpha value is -2.53. The largest absolute Gasteiger partial charge is 0.310 e. The van der Waals surface area contributed by atoms with Crippen LogP contribution in [0.15, 0.2) is 48.8 Å². The Morgan fingerprint density at radius 3 is 2.64 bits per heavy atom. The summed E-state index contributed by atoms with van der Waals surface area (Å²) in [6.45, 7) is 5.53. The van der Waals surface area contributed by atoms with E-state index in [-0.39, 0.29) is 5.82 Å². The number of H-pyrrole nitrogens is 1. The van der Waals surface area contributed by atoms with E-state index < -0.39 is 0 Å². The number of nitrogens with zero attached hydrogens (tertiary/aromatic N) is 2. The van der Waals surface area contributed by atoms with Crippen LogP contribution in [0.4, 0.5) is 4.39 Å². The van der Waals surface area contributed by atoms with Crippen molar-refractivity contribution in [1.82, 2.24) is 20.5 Å². The Kier molecular flexibility index (Phi) is 5.27. The Labute approximate surface area is 165 Å². The fraction of sp³-hybridized carbons (Fsp3) is 0.391. The van der Waals surface area contributed by atoms with Gasteiger partial charge in [-0.2, -0.15) is 5.10 Å². The van der Waals surface area contributed by atoms with Crippen LogP contribution < -0.4 is 5.32 Å². The summed E-state index contributed by atoms with van der Waals surface area (Å²) in [4.78, 5) is 4.08. The molecule has 4 rings (SSSR count). The van der Waals surface area contributed by atoms with E-state index in [4.69, 9.17) is 0 Å². The van der Waals surface area contributed by atoms with Gasteiger partial charge in [0.25, 0.3) is 0 Å². The van der Waals surface area contributed by atoms with Crippen LogP contribution in [-0.2, 0) is 6.54 Å². The van der Waals surface area contributed by atoms with Crippen molar-refractivity contribution in [2.45, 2.75) is 52.1 Å². The number of aromatic nitrogens is 3. The van der Waals surface area contributed by atoms with Crippen LogP contribution in [0.1, 0.15) is 45.1 Å². The van der Waals surface area contributed by atoms with E-state index in [1.54, 1.807) is 0 Å². The van der Waals surface area contributed by atoms with E-state index in [0.29, 0.717) is 28.4 Å². The summed E-state index contributed by atoms with van der Waals surface area (Å²) in [7, 11) is 0. The molecule has 2 N–H and O–H groups in total. The third-order valence-electron chi connectivity index (χ3n) is 5.83. The van der Waals surface area contributed by atoms with Gasteiger partial charge in [-0.05, 0) is 54.4 Å². The Bertz CT molecular complexity index is 924. The molecule has 2 aromatic carbocycles. The zero-order valence-corrected chi connectivity index (χ0v) is 16.5. The van der Waals surface area contributed by atoms with Gasteiger partial charge in [0.1, 0.15) is 12.1 Å². The van der Waals surface area contributed by atoms with Gasteiger partial charge in [-0.25, -0.2) is 9.37 Å². The maximum absolute atomic E-state index is 14.7. The van der Waals surface area contributed by atoms with Crippen LogP contribution in [0.5, 0.6) is 0 Å². The molecule has 1 saturated carbocycles. The summed E-state index contributed by atoms with van der Waals surface area (Å²) in [5.74, 6) is 0.313. The molecule has 5 heteroatoms. The number of halogens is 1. The molecule has 1 heterocycles. The first-order valence-electron chi connectivity index (χ1n) is 9.98. The number of benzene rings is 2. The van der Waals surface area contributed by atoms with Gasteiger partial charge in [0, 0.05) is 23.7 Å². The van der Waals surface area contributed by atoms with Gasteiger partial charge in [0.05, 0.1) is 0 Å². The molecule has 4 nitrogen and oxygen atoms in total. The van der Waals surface area contributed by atoms with Crippen LogP contribution in [0.25, 0.3) is 22.5 Å². The highest BCUT2D eigenvalue weighted by atomic mass is 19.1. The molecule has 0 unspecified atom stereocenters. The molecule has 0 saturated heterocycles. The van der Waals surface area contributed by atoms with E-state index in [1.165, 1.54) is 43.6 Å². The van der Waals surface area contributed by atoms with Gasteiger partial charge >= 0.3 is 0 Å². The quantitative estimate of drug-likeness (QED) is 0.630. The fourth-order valence-corrected chi connectivity index (χ4v) is 3.96. The third kappa shape index (κ3) is 4.30. The van der Waals surface area contributed by atoms with Crippen molar-refractivity contribution in [3.8, 4) is 22.5 Å². The van der Waals surface area contributed by atoms with Crippen molar-refractivity contribution in [2.24, 2.45) is 5.41 Å². The standard InChI is InChI=1S/C23H27FN4/c1-23(2)10-8-19(9-11-23)25-14-16-4-3-5-17(12-16)20-7-6-18(13-21(20)24)22-26-15-27-28-22/h3-7,12-13,15,19,25H,8-11,14H2,1-2H3,(H,26,27,28). The molecule has 0 radical (unpaired) electrons. The van der Waals surface area contributed by atoms with Crippen molar-refractivity contribution in [3.05, 3.63) is 60.2 Å². The molecule has 3 aromatic rings. The minimum Gasteiger partial charge on any atom is -0.310 e. The molecule has 1 fully saturated rings. The maximum Gasteiger partial charge on any atom is 0.155 e. The first kappa shape index (κ1) is 18.8. The first-order valence-corrected chi connectivity index (χ1v) is 9.98. The minimum atomic E-state index is -0.256. The fourth-order valence-electron chi connectivity index (χ4n) is 3.96. The van der Waals surface area contributed by atoms with E-state index in [2.05, 4.69) is 46.5 Å². The SMILES string of the molecule is CC1(C)CCC(NCc2cccc(-c3ccc(-c4ncn[nH]4)cc3F)c2)CC1. The van der Waals surface area contributed by atoms with Crippen molar-refractivity contribution in [2.75, 3.05) is 0 Å². The zero-order chi connectivity index (χ0) is 19.6. The number of aromatic amines is 1. The lowest BCUT2D eigenvalue weighted by Gasteiger charge is -2.34. The monoisotopic (exact) mass is 378 g/mol. The molecule has 0 bridgehead atoms. The lowest BCUT2D eigenvalue weighted by Crippen LogP contribution is -2.35. The Balaban J connectivity index is 1.45.